The van der Waals surface area contributed by atoms with Crippen LogP contribution in [0.3, 0.4) is 0 Å². The van der Waals surface area contributed by atoms with Gasteiger partial charge in [0.1, 0.15) is 5.71 Å². The van der Waals surface area contributed by atoms with Gasteiger partial charge in [0, 0.05) is 5.56 Å². The number of benzene rings is 2. The maximum Gasteiger partial charge on any atom is 0.271 e. The number of nitrogens with zero attached hydrogens (tertiary/aromatic N) is 2. The van der Waals surface area contributed by atoms with Crippen molar-refractivity contribution in [3.8, 4) is 0 Å². The molecule has 0 fully saturated rings. The highest BCUT2D eigenvalue weighted by molar-refractivity contribution is 6.00. The summed E-state index contributed by atoms with van der Waals surface area (Å²) in [5.74, 6) is 0.399. The molecule has 1 aromatic heterocycles. The van der Waals surface area contributed by atoms with Gasteiger partial charge in [-0.25, -0.2) is 10.4 Å². The smallest absolute Gasteiger partial charge is 0.271 e. The van der Waals surface area contributed by atoms with Crippen LogP contribution < -0.4 is 5.43 Å². The van der Waals surface area contributed by atoms with Gasteiger partial charge in [-0.2, -0.15) is 5.10 Å². The van der Waals surface area contributed by atoms with E-state index in [1.165, 1.54) is 0 Å². The highest BCUT2D eigenvalue weighted by Crippen LogP contribution is 2.10. The first-order valence-corrected chi connectivity index (χ1v) is 6.59. The number of fused-ring (bicyclic) bond motifs is 1. The highest BCUT2D eigenvalue weighted by Gasteiger charge is 2.07. The van der Waals surface area contributed by atoms with Crippen molar-refractivity contribution in [2.45, 2.75) is 6.92 Å². The lowest BCUT2D eigenvalue weighted by Gasteiger charge is -2.00. The molecule has 21 heavy (non-hydrogen) atoms. The minimum Gasteiger partial charge on any atom is -0.337 e. The van der Waals surface area contributed by atoms with Gasteiger partial charge >= 0.3 is 0 Å². The fourth-order valence-corrected chi connectivity index (χ4v) is 1.97. The number of H-pyrrole nitrogens is 1. The van der Waals surface area contributed by atoms with E-state index in [-0.39, 0.29) is 5.91 Å². The zero-order valence-corrected chi connectivity index (χ0v) is 11.5. The van der Waals surface area contributed by atoms with Gasteiger partial charge in [-0.1, -0.05) is 30.3 Å². The Bertz CT molecular complexity index is 772. The van der Waals surface area contributed by atoms with Crippen molar-refractivity contribution in [3.63, 3.8) is 0 Å². The summed E-state index contributed by atoms with van der Waals surface area (Å²) in [5.41, 5.74) is 5.53. The lowest BCUT2D eigenvalue weighted by Crippen LogP contribution is -2.19. The average Bonchev–Trinajstić information content (AvgIpc) is 2.97. The molecule has 5 heteroatoms. The second-order valence-electron chi connectivity index (χ2n) is 4.61. The van der Waals surface area contributed by atoms with Crippen LogP contribution in [-0.2, 0) is 0 Å². The quantitative estimate of drug-likeness (QED) is 0.571. The molecule has 1 heterocycles. The normalized spacial score (nSPS) is 11.6. The summed E-state index contributed by atoms with van der Waals surface area (Å²) in [6, 6.07) is 16.7. The molecular weight excluding hydrogens is 264 g/mol. The molecule has 0 aliphatic carbocycles. The summed E-state index contributed by atoms with van der Waals surface area (Å²) >= 11 is 0. The SMILES string of the molecule is CC(=NNC(=O)c1ccccc1)c1nc2ccccc2[nH]1. The fourth-order valence-electron chi connectivity index (χ4n) is 1.97. The monoisotopic (exact) mass is 278 g/mol. The third-order valence-electron chi connectivity index (χ3n) is 3.09. The predicted octanol–water partition coefficient (Wildman–Crippen LogP) is 2.72. The van der Waals surface area contributed by atoms with Crippen molar-refractivity contribution in [3.05, 3.63) is 66.0 Å². The van der Waals surface area contributed by atoms with Crippen LogP contribution in [0.2, 0.25) is 0 Å². The van der Waals surface area contributed by atoms with Gasteiger partial charge in [-0.3, -0.25) is 4.79 Å². The maximum atomic E-state index is 11.9. The molecule has 0 aliphatic rings. The molecule has 0 saturated heterocycles. The van der Waals surface area contributed by atoms with Crippen LogP contribution in [0.5, 0.6) is 0 Å². The molecule has 3 rings (SSSR count). The number of aromatic nitrogens is 2. The molecule has 0 saturated carbocycles. The van der Waals surface area contributed by atoms with Crippen molar-refractivity contribution in [1.82, 2.24) is 15.4 Å². The van der Waals surface area contributed by atoms with Crippen LogP contribution in [0, 0.1) is 0 Å². The third-order valence-corrected chi connectivity index (χ3v) is 3.09. The van der Waals surface area contributed by atoms with E-state index in [1.807, 2.05) is 42.5 Å². The van der Waals surface area contributed by atoms with Gasteiger partial charge in [0.05, 0.1) is 11.0 Å². The standard InChI is InChI=1S/C16H14N4O/c1-11(15-17-13-9-5-6-10-14(13)18-15)19-20-16(21)12-7-3-2-4-8-12/h2-10H,1H3,(H,17,18)(H,20,21). The molecule has 3 aromatic rings. The van der Waals surface area contributed by atoms with E-state index in [0.717, 1.165) is 11.0 Å². The lowest BCUT2D eigenvalue weighted by molar-refractivity contribution is 0.0955. The minimum absolute atomic E-state index is 0.244. The summed E-state index contributed by atoms with van der Waals surface area (Å²) in [4.78, 5) is 19.5. The lowest BCUT2D eigenvalue weighted by atomic mass is 10.2. The molecule has 0 aliphatic heterocycles. The Morgan fingerprint density at radius 2 is 1.81 bits per heavy atom. The fraction of sp³-hybridized carbons (Fsp3) is 0.0625. The maximum absolute atomic E-state index is 11.9. The van der Waals surface area contributed by atoms with E-state index in [9.17, 15) is 4.79 Å². The van der Waals surface area contributed by atoms with Gasteiger partial charge < -0.3 is 4.98 Å². The number of para-hydroxylation sites is 2. The molecule has 0 atom stereocenters. The molecule has 0 radical (unpaired) electrons. The molecule has 0 bridgehead atoms. The number of aromatic amines is 1. The first-order valence-electron chi connectivity index (χ1n) is 6.59. The number of rotatable bonds is 3. The zero-order chi connectivity index (χ0) is 14.7. The second kappa shape index (κ2) is 5.58. The molecule has 2 N–H and O–H groups in total. The van der Waals surface area contributed by atoms with Crippen LogP contribution in [0.1, 0.15) is 23.1 Å². The van der Waals surface area contributed by atoms with Crippen molar-refractivity contribution in [2.75, 3.05) is 0 Å². The Hall–Kier alpha value is -2.95. The van der Waals surface area contributed by atoms with E-state index in [0.29, 0.717) is 17.1 Å². The molecule has 104 valence electrons. The minimum atomic E-state index is -0.244. The number of nitrogens with one attached hydrogen (secondary N) is 2. The van der Waals surface area contributed by atoms with Crippen molar-refractivity contribution >= 4 is 22.7 Å². The van der Waals surface area contributed by atoms with E-state index < -0.39 is 0 Å². The molecular formula is C16H14N4O. The third kappa shape index (κ3) is 2.81. The van der Waals surface area contributed by atoms with Crippen LogP contribution in [0.25, 0.3) is 11.0 Å². The Balaban J connectivity index is 1.78. The summed E-state index contributed by atoms with van der Waals surface area (Å²) in [7, 11) is 0. The zero-order valence-electron chi connectivity index (χ0n) is 11.5. The van der Waals surface area contributed by atoms with E-state index in [1.54, 1.807) is 19.1 Å². The van der Waals surface area contributed by atoms with Crippen LogP contribution in [-0.4, -0.2) is 21.6 Å². The molecule has 0 unspecified atom stereocenters. The van der Waals surface area contributed by atoms with Crippen LogP contribution >= 0.6 is 0 Å². The van der Waals surface area contributed by atoms with Gasteiger partial charge in [0.2, 0.25) is 0 Å². The largest absolute Gasteiger partial charge is 0.337 e. The summed E-state index contributed by atoms with van der Waals surface area (Å²) < 4.78 is 0. The predicted molar refractivity (Wildman–Crippen MR) is 82.2 cm³/mol. The number of amides is 1. The second-order valence-corrected chi connectivity index (χ2v) is 4.61. The highest BCUT2D eigenvalue weighted by atomic mass is 16.2. The number of hydrazone groups is 1. The van der Waals surface area contributed by atoms with Crippen molar-refractivity contribution in [1.29, 1.82) is 0 Å². The van der Waals surface area contributed by atoms with Crippen molar-refractivity contribution in [2.24, 2.45) is 5.10 Å². The number of carbonyl (C=O) groups is 1. The summed E-state index contributed by atoms with van der Waals surface area (Å²) in [6.07, 6.45) is 0. The van der Waals surface area contributed by atoms with Gasteiger partial charge in [-0.05, 0) is 31.2 Å². The molecule has 2 aromatic carbocycles. The van der Waals surface area contributed by atoms with Gasteiger partial charge in [0.25, 0.3) is 5.91 Å². The van der Waals surface area contributed by atoms with Crippen LogP contribution in [0.4, 0.5) is 0 Å². The average molecular weight is 278 g/mol. The Labute approximate surface area is 121 Å². The first kappa shape index (κ1) is 13.1. The summed E-state index contributed by atoms with van der Waals surface area (Å²) in [5, 5.41) is 4.09. The molecule has 5 nitrogen and oxygen atoms in total. The number of hydrogen-bond acceptors (Lipinski definition) is 3. The van der Waals surface area contributed by atoms with Crippen molar-refractivity contribution < 1.29 is 4.79 Å². The number of carbonyl (C=O) groups excluding carboxylic acids is 1. The molecule has 1 amide bonds. The van der Waals surface area contributed by atoms with E-state index >= 15 is 0 Å². The summed E-state index contributed by atoms with van der Waals surface area (Å²) in [6.45, 7) is 1.79. The van der Waals surface area contributed by atoms with Gasteiger partial charge in [-0.15, -0.1) is 0 Å². The van der Waals surface area contributed by atoms with E-state index in [2.05, 4.69) is 20.5 Å². The topological polar surface area (TPSA) is 70.1 Å². The van der Waals surface area contributed by atoms with Gasteiger partial charge in [0.15, 0.2) is 5.82 Å². The van der Waals surface area contributed by atoms with E-state index in [4.69, 9.17) is 0 Å². The number of imidazole rings is 1. The molecule has 0 spiro atoms. The Morgan fingerprint density at radius 1 is 1.10 bits per heavy atom. The number of hydrogen-bond donors (Lipinski definition) is 2. The van der Waals surface area contributed by atoms with Crippen LogP contribution in [0.15, 0.2) is 59.7 Å². The Morgan fingerprint density at radius 3 is 2.57 bits per heavy atom. The first-order chi connectivity index (χ1) is 10.2. The Kier molecular flexibility index (Phi) is 3.47.